The van der Waals surface area contributed by atoms with Crippen LogP contribution in [0, 0.1) is 5.92 Å². The van der Waals surface area contributed by atoms with Gasteiger partial charge in [-0.15, -0.1) is 0 Å². The smallest absolute Gasteiger partial charge is 0.311 e. The molecule has 0 aromatic heterocycles. The second-order valence-electron chi connectivity index (χ2n) is 6.97. The van der Waals surface area contributed by atoms with Crippen molar-refractivity contribution in [3.63, 3.8) is 0 Å². The van der Waals surface area contributed by atoms with E-state index < -0.39 is 0 Å². The van der Waals surface area contributed by atoms with Crippen LogP contribution in [0.1, 0.15) is 29.5 Å². The van der Waals surface area contributed by atoms with Gasteiger partial charge < -0.3 is 18.9 Å². The van der Waals surface area contributed by atoms with Crippen LogP contribution in [0.15, 0.2) is 36.4 Å². The highest BCUT2D eigenvalue weighted by Gasteiger charge is 2.41. The third kappa shape index (κ3) is 2.79. The van der Waals surface area contributed by atoms with E-state index in [0.29, 0.717) is 23.7 Å². The minimum atomic E-state index is -0.216. The molecular formula is C20H20N2O5. The number of benzene rings is 2. The third-order valence-electron chi connectivity index (χ3n) is 5.53. The molecule has 7 nitrogen and oxygen atoms in total. The van der Waals surface area contributed by atoms with Crippen LogP contribution in [0.3, 0.4) is 0 Å². The average Bonchev–Trinajstić information content (AvgIpc) is 3.35. The number of hydrogen-bond donors (Lipinski definition) is 2. The van der Waals surface area contributed by atoms with E-state index in [-0.39, 0.29) is 30.6 Å². The van der Waals surface area contributed by atoms with E-state index in [0.717, 1.165) is 23.4 Å². The molecule has 7 heteroatoms. The summed E-state index contributed by atoms with van der Waals surface area (Å²) < 4.78 is 21.7. The minimum absolute atomic E-state index is 0.0188. The Kier molecular flexibility index (Phi) is 3.91. The molecule has 0 aliphatic carbocycles. The number of esters is 1. The zero-order valence-electron chi connectivity index (χ0n) is 14.9. The molecule has 0 saturated carbocycles. The van der Waals surface area contributed by atoms with Gasteiger partial charge in [0.1, 0.15) is 11.5 Å². The fourth-order valence-electron chi connectivity index (χ4n) is 4.18. The molecule has 0 amide bonds. The lowest BCUT2D eigenvalue weighted by Crippen LogP contribution is -2.29. The van der Waals surface area contributed by atoms with Crippen LogP contribution in [0.4, 0.5) is 0 Å². The van der Waals surface area contributed by atoms with Crippen LogP contribution in [0.2, 0.25) is 0 Å². The zero-order chi connectivity index (χ0) is 18.4. The van der Waals surface area contributed by atoms with Crippen molar-refractivity contribution in [3.8, 4) is 23.0 Å². The van der Waals surface area contributed by atoms with E-state index in [2.05, 4.69) is 23.0 Å². The lowest BCUT2D eigenvalue weighted by Gasteiger charge is -2.31. The second kappa shape index (κ2) is 6.44. The topological polar surface area (TPSA) is 78.1 Å². The van der Waals surface area contributed by atoms with Crippen LogP contribution < -0.4 is 29.8 Å². The summed E-state index contributed by atoms with van der Waals surface area (Å²) in [5, 5.41) is 0. The van der Waals surface area contributed by atoms with Gasteiger partial charge >= 0.3 is 5.97 Å². The Labute approximate surface area is 156 Å². The van der Waals surface area contributed by atoms with Gasteiger partial charge in [0, 0.05) is 30.0 Å². The predicted octanol–water partition coefficient (Wildman–Crippen LogP) is 2.28. The van der Waals surface area contributed by atoms with Crippen molar-refractivity contribution in [1.29, 1.82) is 0 Å². The van der Waals surface area contributed by atoms with Crippen LogP contribution in [0.25, 0.3) is 0 Å². The van der Waals surface area contributed by atoms with Gasteiger partial charge in [0.15, 0.2) is 11.5 Å². The summed E-state index contributed by atoms with van der Waals surface area (Å²) in [6.45, 7) is 0.945. The van der Waals surface area contributed by atoms with E-state index in [1.807, 2.05) is 18.2 Å². The minimum Gasteiger partial charge on any atom is -0.497 e. The molecular weight excluding hydrogens is 348 g/mol. The number of carbonyl (C=O) groups excluding carboxylic acids is 1. The molecule has 2 N–H and O–H groups in total. The summed E-state index contributed by atoms with van der Waals surface area (Å²) in [7, 11) is 1.65. The van der Waals surface area contributed by atoms with Crippen molar-refractivity contribution in [2.24, 2.45) is 5.92 Å². The highest BCUT2D eigenvalue weighted by atomic mass is 16.7. The van der Waals surface area contributed by atoms with Gasteiger partial charge in [0.2, 0.25) is 6.79 Å². The monoisotopic (exact) mass is 368 g/mol. The van der Waals surface area contributed by atoms with E-state index in [4.69, 9.17) is 18.9 Å². The maximum Gasteiger partial charge on any atom is 0.311 e. The van der Waals surface area contributed by atoms with Crippen molar-refractivity contribution in [2.75, 3.05) is 20.4 Å². The Balaban J connectivity index is 1.50. The van der Waals surface area contributed by atoms with E-state index in [9.17, 15) is 4.79 Å². The van der Waals surface area contributed by atoms with Crippen LogP contribution in [-0.2, 0) is 4.79 Å². The Morgan fingerprint density at radius 3 is 2.63 bits per heavy atom. The first-order valence-electron chi connectivity index (χ1n) is 8.99. The summed E-state index contributed by atoms with van der Waals surface area (Å²) in [5.41, 5.74) is 8.75. The SMILES string of the molecule is COc1ccc(C2NNCC2C2CC(=O)Oc3cc4c(cc32)OCO4)cc1. The fraction of sp³-hybridized carbons (Fsp3) is 0.350. The van der Waals surface area contributed by atoms with Crippen molar-refractivity contribution < 1.29 is 23.7 Å². The summed E-state index contributed by atoms with van der Waals surface area (Å²) in [4.78, 5) is 12.3. The Bertz CT molecular complexity index is 883. The third-order valence-corrected chi connectivity index (χ3v) is 5.53. The molecule has 0 spiro atoms. The number of carbonyl (C=O) groups is 1. The molecule has 27 heavy (non-hydrogen) atoms. The number of fused-ring (bicyclic) bond motifs is 2. The molecule has 140 valence electrons. The summed E-state index contributed by atoms with van der Waals surface area (Å²) >= 11 is 0. The molecule has 1 saturated heterocycles. The van der Waals surface area contributed by atoms with E-state index in [1.165, 1.54) is 0 Å². The van der Waals surface area contributed by atoms with Gasteiger partial charge in [-0.05, 0) is 23.8 Å². The number of hydrazine groups is 1. The van der Waals surface area contributed by atoms with Gasteiger partial charge in [-0.2, -0.15) is 0 Å². The molecule has 2 aromatic rings. The first kappa shape index (κ1) is 16.4. The molecule has 5 rings (SSSR count). The molecule has 3 aliphatic heterocycles. The van der Waals surface area contributed by atoms with Crippen molar-refractivity contribution in [3.05, 3.63) is 47.5 Å². The van der Waals surface area contributed by atoms with Gasteiger partial charge in [-0.1, -0.05) is 12.1 Å². The van der Waals surface area contributed by atoms with Crippen LogP contribution in [0.5, 0.6) is 23.0 Å². The number of nitrogens with one attached hydrogen (secondary N) is 2. The second-order valence-corrected chi connectivity index (χ2v) is 6.97. The predicted molar refractivity (Wildman–Crippen MR) is 95.9 cm³/mol. The lowest BCUT2D eigenvalue weighted by molar-refractivity contribution is -0.136. The standard InChI is InChI=1S/C20H20N2O5/c1-24-12-4-2-11(3-5-12)20-15(9-21-22-20)13-7-19(23)27-16-8-18-17(6-14(13)16)25-10-26-18/h2-6,8,13,15,20-22H,7,9-10H2,1H3. The number of ether oxygens (including phenoxy) is 4. The lowest BCUT2D eigenvalue weighted by atomic mass is 9.77. The molecule has 1 fully saturated rings. The normalized spacial score (nSPS) is 25.8. The quantitative estimate of drug-likeness (QED) is 0.636. The molecule has 0 bridgehead atoms. The van der Waals surface area contributed by atoms with Crippen LogP contribution >= 0.6 is 0 Å². The molecule has 2 aromatic carbocycles. The number of methoxy groups -OCH3 is 1. The summed E-state index contributed by atoms with van der Waals surface area (Å²) in [5.74, 6) is 2.71. The van der Waals surface area contributed by atoms with E-state index in [1.54, 1.807) is 13.2 Å². The molecule has 0 radical (unpaired) electrons. The number of hydrogen-bond acceptors (Lipinski definition) is 7. The zero-order valence-corrected chi connectivity index (χ0v) is 14.9. The Morgan fingerprint density at radius 1 is 1.07 bits per heavy atom. The van der Waals surface area contributed by atoms with Gasteiger partial charge in [0.05, 0.1) is 19.6 Å². The van der Waals surface area contributed by atoms with Crippen molar-refractivity contribution in [1.82, 2.24) is 10.9 Å². The summed E-state index contributed by atoms with van der Waals surface area (Å²) in [6, 6.07) is 11.8. The largest absolute Gasteiger partial charge is 0.497 e. The Hall–Kier alpha value is -2.77. The fourth-order valence-corrected chi connectivity index (χ4v) is 4.18. The highest BCUT2D eigenvalue weighted by molar-refractivity contribution is 5.77. The Morgan fingerprint density at radius 2 is 1.85 bits per heavy atom. The number of rotatable bonds is 3. The molecule has 3 heterocycles. The van der Waals surface area contributed by atoms with Gasteiger partial charge in [0.25, 0.3) is 0 Å². The average molecular weight is 368 g/mol. The maximum atomic E-state index is 12.3. The van der Waals surface area contributed by atoms with E-state index >= 15 is 0 Å². The van der Waals surface area contributed by atoms with Gasteiger partial charge in [-0.25, -0.2) is 5.43 Å². The molecule has 3 unspecified atom stereocenters. The van der Waals surface area contributed by atoms with Gasteiger partial charge in [-0.3, -0.25) is 10.2 Å². The van der Waals surface area contributed by atoms with Crippen LogP contribution in [-0.4, -0.2) is 26.4 Å². The molecule has 3 aliphatic rings. The highest BCUT2D eigenvalue weighted by Crippen LogP contribution is 2.48. The van der Waals surface area contributed by atoms with Crippen molar-refractivity contribution in [2.45, 2.75) is 18.4 Å². The maximum absolute atomic E-state index is 12.3. The molecule has 3 atom stereocenters. The van der Waals surface area contributed by atoms with Crippen molar-refractivity contribution >= 4 is 5.97 Å². The first-order chi connectivity index (χ1) is 13.2. The first-order valence-corrected chi connectivity index (χ1v) is 8.99. The summed E-state index contributed by atoms with van der Waals surface area (Å²) in [6.07, 6.45) is 0.341.